The lowest BCUT2D eigenvalue weighted by molar-refractivity contribution is -0.870. The summed E-state index contributed by atoms with van der Waals surface area (Å²) in [6.45, 7) is 6.78. The third kappa shape index (κ3) is 52.4. The van der Waals surface area contributed by atoms with Crippen LogP contribution in [-0.4, -0.2) is 69.4 Å². The number of quaternary nitrogens is 1. The maximum absolute atomic E-state index is 13.5. The van der Waals surface area contributed by atoms with Crippen LogP contribution in [0.2, 0.25) is 0 Å². The van der Waals surface area contributed by atoms with E-state index in [2.05, 4.69) is 74.7 Å². The van der Waals surface area contributed by atoms with E-state index in [0.717, 1.165) is 96.3 Å². The van der Waals surface area contributed by atoms with Crippen molar-refractivity contribution in [3.63, 3.8) is 0 Å². The van der Waals surface area contributed by atoms with E-state index in [4.69, 9.17) is 13.8 Å². The van der Waals surface area contributed by atoms with Gasteiger partial charge in [0.25, 0.3) is 7.82 Å². The van der Waals surface area contributed by atoms with E-state index in [9.17, 15) is 19.0 Å². The molecule has 9 nitrogen and oxygen atoms in total. The molecule has 0 fully saturated rings. The molecule has 1 N–H and O–H groups in total. The summed E-state index contributed by atoms with van der Waals surface area (Å²) in [5.41, 5.74) is 0. The average Bonchev–Trinajstić information content (AvgIpc) is 3.33. The largest absolute Gasteiger partial charge is 0.756 e. The number of esters is 1. The number of rotatable bonds is 53. The van der Waals surface area contributed by atoms with Gasteiger partial charge in [-0.2, -0.15) is 0 Å². The molecule has 0 rings (SSSR count). The van der Waals surface area contributed by atoms with Crippen LogP contribution in [0.25, 0.3) is 0 Å². The molecule has 0 radical (unpaired) electrons. The minimum Gasteiger partial charge on any atom is -0.756 e. The molecule has 0 aliphatic rings. The second-order valence-electron chi connectivity index (χ2n) is 21.1. The number of phosphoric ester groups is 1. The van der Waals surface area contributed by atoms with Gasteiger partial charge in [-0.1, -0.05) is 217 Å². The van der Waals surface area contributed by atoms with Crippen LogP contribution < -0.4 is 10.2 Å². The first kappa shape index (κ1) is 68.7. The second-order valence-corrected chi connectivity index (χ2v) is 22.6. The van der Waals surface area contributed by atoms with Gasteiger partial charge < -0.3 is 28.5 Å². The molecule has 3 atom stereocenters. The molecule has 3 unspecified atom stereocenters. The highest BCUT2D eigenvalue weighted by Gasteiger charge is 2.27. The monoisotopic (exact) mass is 1020 g/mol. The Balaban J connectivity index is 5.30. The highest BCUT2D eigenvalue weighted by atomic mass is 31.2. The first-order chi connectivity index (χ1) is 34.4. The van der Waals surface area contributed by atoms with E-state index in [1.165, 1.54) is 135 Å². The smallest absolute Gasteiger partial charge is 0.306 e. The highest BCUT2D eigenvalue weighted by Crippen LogP contribution is 2.38. The molecular formula is C61H113N2O7P. The average molecular weight is 1020 g/mol. The fourth-order valence-corrected chi connectivity index (χ4v) is 9.01. The molecular weight excluding hydrogens is 904 g/mol. The topological polar surface area (TPSA) is 114 Å². The molecule has 0 aromatic rings. The first-order valence-electron chi connectivity index (χ1n) is 29.6. The summed E-state index contributed by atoms with van der Waals surface area (Å²) in [7, 11) is 1.17. The highest BCUT2D eigenvalue weighted by molar-refractivity contribution is 7.45. The van der Waals surface area contributed by atoms with Crippen molar-refractivity contribution in [3.8, 4) is 0 Å². The second kappa shape index (κ2) is 51.2. The van der Waals surface area contributed by atoms with Crippen molar-refractivity contribution >= 4 is 19.7 Å². The number of carbonyl (C=O) groups is 2. The van der Waals surface area contributed by atoms with E-state index in [0.29, 0.717) is 17.4 Å². The Morgan fingerprint density at radius 3 is 1.30 bits per heavy atom. The number of likely N-dealkylation sites (N-methyl/N-ethyl adjacent to an activating group) is 1. The molecule has 71 heavy (non-hydrogen) atoms. The van der Waals surface area contributed by atoms with Gasteiger partial charge in [0, 0.05) is 12.8 Å². The van der Waals surface area contributed by atoms with Crippen LogP contribution >= 0.6 is 7.82 Å². The summed E-state index contributed by atoms with van der Waals surface area (Å²) < 4.78 is 30.2. The maximum atomic E-state index is 13.5. The van der Waals surface area contributed by atoms with Crippen molar-refractivity contribution in [2.75, 3.05) is 40.9 Å². The number of hydrogen-bond acceptors (Lipinski definition) is 7. The van der Waals surface area contributed by atoms with E-state index in [1.807, 2.05) is 33.3 Å². The summed E-state index contributed by atoms with van der Waals surface area (Å²) >= 11 is 0. The van der Waals surface area contributed by atoms with E-state index in [-0.39, 0.29) is 24.9 Å². The summed E-state index contributed by atoms with van der Waals surface area (Å²) in [6, 6.07) is -0.896. The third-order valence-corrected chi connectivity index (χ3v) is 13.9. The Hall–Kier alpha value is -2.29. The number of nitrogens with one attached hydrogen (secondary N) is 1. The third-order valence-electron chi connectivity index (χ3n) is 12.9. The van der Waals surface area contributed by atoms with Crippen LogP contribution in [0.4, 0.5) is 0 Å². The quantitative estimate of drug-likeness (QED) is 0.0212. The van der Waals surface area contributed by atoms with Crippen LogP contribution in [0, 0.1) is 0 Å². The van der Waals surface area contributed by atoms with Crippen LogP contribution in [0.1, 0.15) is 265 Å². The molecule has 0 aliphatic heterocycles. The van der Waals surface area contributed by atoms with Crippen molar-refractivity contribution in [2.45, 2.75) is 277 Å². The van der Waals surface area contributed by atoms with Gasteiger partial charge in [0.2, 0.25) is 5.91 Å². The zero-order chi connectivity index (χ0) is 52.2. The van der Waals surface area contributed by atoms with Gasteiger partial charge in [-0.15, -0.1) is 0 Å². The minimum absolute atomic E-state index is 0.0265. The van der Waals surface area contributed by atoms with Crippen molar-refractivity contribution < 1.29 is 37.3 Å². The summed E-state index contributed by atoms with van der Waals surface area (Å²) in [5.74, 6) is -0.557. The molecule has 0 aromatic carbocycles. The van der Waals surface area contributed by atoms with Crippen LogP contribution in [0.15, 0.2) is 60.8 Å². The van der Waals surface area contributed by atoms with Crippen molar-refractivity contribution in [1.82, 2.24) is 5.32 Å². The van der Waals surface area contributed by atoms with Crippen LogP contribution in [0.3, 0.4) is 0 Å². The van der Waals surface area contributed by atoms with Gasteiger partial charge in [0.05, 0.1) is 33.8 Å². The lowest BCUT2D eigenvalue weighted by Crippen LogP contribution is -2.47. The fourth-order valence-electron chi connectivity index (χ4n) is 8.29. The number of amides is 1. The SMILES string of the molecule is CCCCC/C=C\C/C=C\CCCCCCCCCC(=O)NC(COP(=O)([O-])OCC[N+](C)(C)C)C(/C=C/CCCCCCCCCCC)OC(=O)CCCCCCCCC/C=C\C/C=C\CCCCC. The van der Waals surface area contributed by atoms with Gasteiger partial charge in [0.15, 0.2) is 0 Å². The molecule has 10 heteroatoms. The van der Waals surface area contributed by atoms with Crippen LogP contribution in [0.5, 0.6) is 0 Å². The summed E-state index contributed by atoms with van der Waals surface area (Å²) in [4.78, 5) is 39.9. The standard InChI is InChI=1S/C61H113N2O7P/c1-7-10-13-16-19-22-25-27-29-31-33-35-38-41-44-47-50-53-60(64)62-58(57-69-71(66,67)68-56-55-63(4,5)6)59(52-49-46-43-40-37-24-21-18-15-12-9-3)70-61(65)54-51-48-45-42-39-36-34-32-30-28-26-23-20-17-14-11-8-2/h19-20,22-23,27-30,49,52,58-59H,7-18,21,24-26,31-48,50-51,53-57H2,1-6H3,(H-,62,64,66,67)/b22-19-,23-20-,29-27-,30-28-,52-49+. The number of carbonyl (C=O) groups excluding carboxylic acids is 2. The maximum Gasteiger partial charge on any atom is 0.306 e. The Labute approximate surface area is 439 Å². The Bertz CT molecular complexity index is 1400. The molecule has 0 aromatic heterocycles. The van der Waals surface area contributed by atoms with Gasteiger partial charge in [-0.05, 0) is 96.0 Å². The van der Waals surface area contributed by atoms with Gasteiger partial charge >= 0.3 is 5.97 Å². The van der Waals surface area contributed by atoms with E-state index in [1.54, 1.807) is 0 Å². The summed E-state index contributed by atoms with van der Waals surface area (Å²) in [6.07, 6.45) is 63.2. The molecule has 0 aliphatic carbocycles. The molecule has 0 saturated heterocycles. The zero-order valence-electron chi connectivity index (χ0n) is 47.2. The molecule has 0 heterocycles. The Kier molecular flexibility index (Phi) is 49.6. The molecule has 1 amide bonds. The van der Waals surface area contributed by atoms with Gasteiger partial charge in [-0.3, -0.25) is 14.2 Å². The fraction of sp³-hybridized carbons (Fsp3) is 0.803. The summed E-state index contributed by atoms with van der Waals surface area (Å²) in [5, 5.41) is 3.02. The molecule has 414 valence electrons. The van der Waals surface area contributed by atoms with Crippen LogP contribution in [-0.2, 0) is 27.9 Å². The van der Waals surface area contributed by atoms with Gasteiger partial charge in [0.1, 0.15) is 19.3 Å². The number of nitrogens with zero attached hydrogens (tertiary/aromatic N) is 1. The lowest BCUT2D eigenvalue weighted by atomic mass is 10.1. The van der Waals surface area contributed by atoms with E-state index >= 15 is 0 Å². The number of allylic oxidation sites excluding steroid dienone is 9. The van der Waals surface area contributed by atoms with Gasteiger partial charge in [-0.25, -0.2) is 0 Å². The number of phosphoric acid groups is 1. The number of hydrogen-bond donors (Lipinski definition) is 1. The first-order valence-corrected chi connectivity index (χ1v) is 31.1. The minimum atomic E-state index is -4.70. The van der Waals surface area contributed by atoms with E-state index < -0.39 is 26.6 Å². The van der Waals surface area contributed by atoms with Crippen molar-refractivity contribution in [2.24, 2.45) is 0 Å². The Morgan fingerprint density at radius 2 is 0.859 bits per heavy atom. The lowest BCUT2D eigenvalue weighted by Gasteiger charge is -2.30. The number of ether oxygens (including phenoxy) is 1. The normalized spacial score (nSPS) is 14.2. The zero-order valence-corrected chi connectivity index (χ0v) is 48.1. The molecule has 0 saturated carbocycles. The molecule has 0 spiro atoms. The van der Waals surface area contributed by atoms with Crippen molar-refractivity contribution in [3.05, 3.63) is 60.8 Å². The number of unbranched alkanes of at least 4 members (excludes halogenated alkanes) is 29. The molecule has 0 bridgehead atoms. The predicted molar refractivity (Wildman–Crippen MR) is 302 cm³/mol. The Morgan fingerprint density at radius 1 is 0.493 bits per heavy atom. The van der Waals surface area contributed by atoms with Crippen molar-refractivity contribution in [1.29, 1.82) is 0 Å². The predicted octanol–water partition coefficient (Wildman–Crippen LogP) is 17.3.